The van der Waals surface area contributed by atoms with E-state index >= 15 is 0 Å². The maximum atomic E-state index is 6.69. The van der Waals surface area contributed by atoms with Gasteiger partial charge in [-0.05, 0) is 67.9 Å². The van der Waals surface area contributed by atoms with Gasteiger partial charge in [-0.1, -0.05) is 105 Å². The molecule has 0 amide bonds. The second-order valence-corrected chi connectivity index (χ2v) is 19.0. The van der Waals surface area contributed by atoms with Crippen molar-refractivity contribution >= 4 is 131 Å². The molecule has 1 aliphatic rings. The second kappa shape index (κ2) is 27.4. The number of aromatic nitrogens is 3. The summed E-state index contributed by atoms with van der Waals surface area (Å²) in [7, 11) is 1.73. The average molecular weight is 1040 g/mol. The van der Waals surface area contributed by atoms with E-state index in [1.165, 1.54) is 30.6 Å². The van der Waals surface area contributed by atoms with Gasteiger partial charge >= 0.3 is 36.2 Å². The fourth-order valence-corrected chi connectivity index (χ4v) is 12.4. The van der Waals surface area contributed by atoms with E-state index < -0.39 is 6.28 Å². The minimum absolute atomic E-state index is 0. The van der Waals surface area contributed by atoms with Crippen LogP contribution in [0.5, 0.6) is 0 Å². The quantitative estimate of drug-likeness (QED) is 0.100. The molecule has 0 radical (unpaired) electrons. The number of thiazole rings is 3. The Morgan fingerprint density at radius 3 is 1.61 bits per heavy atom. The number of rotatable bonds is 4. The van der Waals surface area contributed by atoms with Crippen LogP contribution in [0.3, 0.4) is 0 Å². The van der Waals surface area contributed by atoms with E-state index in [-0.39, 0.29) is 57.2 Å². The molecule has 9 aromatic rings. The van der Waals surface area contributed by atoms with E-state index in [4.69, 9.17) is 11.1 Å². The fraction of sp³-hybridized carbons (Fsp3) is 0.0816. The van der Waals surface area contributed by atoms with Gasteiger partial charge < -0.3 is 28.0 Å². The number of thiophene rings is 3. The molecule has 0 saturated heterocycles. The predicted octanol–water partition coefficient (Wildman–Crippen LogP) is 9.46. The van der Waals surface area contributed by atoms with Crippen LogP contribution in [-0.4, -0.2) is 53.3 Å². The van der Waals surface area contributed by atoms with Crippen molar-refractivity contribution in [2.45, 2.75) is 21.7 Å². The Labute approximate surface area is 433 Å². The zero-order chi connectivity index (χ0) is 41.6. The third-order valence-electron chi connectivity index (χ3n) is 9.07. The maximum absolute atomic E-state index is 6.69. The van der Waals surface area contributed by atoms with E-state index in [0.717, 1.165) is 31.2 Å². The van der Waals surface area contributed by atoms with Crippen LogP contribution in [0, 0.1) is 35.8 Å². The molecule has 316 valence electrons. The Kier molecular flexibility index (Phi) is 23.3. The molecule has 0 saturated carbocycles. The van der Waals surface area contributed by atoms with Gasteiger partial charge in [-0.3, -0.25) is 5.92 Å². The van der Waals surface area contributed by atoms with Crippen molar-refractivity contribution in [2.24, 2.45) is 0 Å². The smallest absolute Gasteiger partial charge is 1.00 e. The number of nitrogens with zero attached hydrogens (tertiary/aromatic N) is 3. The molecule has 0 bridgehead atoms. The van der Waals surface area contributed by atoms with Crippen LogP contribution in [0.4, 0.5) is 0 Å². The van der Waals surface area contributed by atoms with Crippen LogP contribution in [0.2, 0.25) is 6.82 Å². The summed E-state index contributed by atoms with van der Waals surface area (Å²) in [5, 5.41) is 15.8. The molecule has 10 rings (SSSR count). The Morgan fingerprint density at radius 2 is 1.12 bits per heavy atom. The SMILES string of the molecule is Brc1ccsc1-c1nccs1.C.C.C(#C[B-]1(C#Cc2ccccc2)c2ccsc2-c2scc[n+]21)c1ccccc1.COB(C)c1ccsc1-c1nccs1.[C-]#Cc1ccccc1.[Cl-].[Mg+2]. The number of benzene rings is 3. The summed E-state index contributed by atoms with van der Waals surface area (Å²) in [4.78, 5) is 12.3. The standard InChI is InChI=1S/C23H14BNS2.C9H10BNOS2.C8H5.C7H4BrNS2.2CH4.ClH.Mg/c1-3-7-19(8-4-1)11-14-24(15-12-20-9-5-2-6-10-20)21-13-17-26-22(21)23-25(24)16-18-27-23;1-10(12-2)7-3-5-13-8(7)9-11-4-6-14-9;1-2-8-6-4-3-5-7-8;8-5-1-3-10-6(5)7-9-2-4-11-7;;;;/h1-10,13,16-18H;3-6H,1-2H3;3-7H;1-4H;2*1H4;1H;/q;;-1;;;;;+2/p-1. The van der Waals surface area contributed by atoms with Gasteiger partial charge in [0.05, 0.1) is 20.0 Å². The largest absolute Gasteiger partial charge is 2.00 e. The molecule has 3 aromatic carbocycles. The Morgan fingerprint density at radius 1 is 0.625 bits per heavy atom. The van der Waals surface area contributed by atoms with Crippen molar-refractivity contribution in [3.8, 4) is 59.1 Å². The Balaban J connectivity index is 0.000000249. The summed E-state index contributed by atoms with van der Waals surface area (Å²) < 4.78 is 8.74. The van der Waals surface area contributed by atoms with Crippen LogP contribution in [0.25, 0.3) is 29.7 Å². The molecule has 6 aromatic heterocycles. The molecule has 0 atom stereocenters. The molecule has 0 N–H and O–H groups in total. The van der Waals surface area contributed by atoms with Crippen molar-refractivity contribution in [1.29, 1.82) is 0 Å². The molecule has 1 aliphatic heterocycles. The van der Waals surface area contributed by atoms with Crippen molar-refractivity contribution < 1.29 is 21.5 Å². The molecule has 0 unspecified atom stereocenters. The first kappa shape index (κ1) is 54.3. The molecular weight excluding hydrogens is 1000 g/mol. The number of fused-ring (bicyclic) bond motifs is 3. The third-order valence-corrected chi connectivity index (χ3v) is 15.6. The number of hydrogen-bond donors (Lipinski definition) is 0. The fourth-order valence-electron chi connectivity index (χ4n) is 6.06. The van der Waals surface area contributed by atoms with Gasteiger partial charge in [0.1, 0.15) is 16.2 Å². The van der Waals surface area contributed by atoms with Gasteiger partial charge in [0.25, 0.3) is 0 Å². The Hall–Kier alpha value is -4.04. The third kappa shape index (κ3) is 13.5. The van der Waals surface area contributed by atoms with Gasteiger partial charge in [-0.15, -0.1) is 86.2 Å². The molecule has 7 heterocycles. The first-order valence-corrected chi connectivity index (χ1v) is 24.6. The molecule has 0 spiro atoms. The first-order chi connectivity index (χ1) is 29.5. The monoisotopic (exact) mass is 1040 g/mol. The van der Waals surface area contributed by atoms with Gasteiger partial charge in [-0.2, -0.15) is 0 Å². The summed E-state index contributed by atoms with van der Waals surface area (Å²) in [6.45, 7) is 2.19. The van der Waals surface area contributed by atoms with Crippen LogP contribution in [0.15, 0.2) is 165 Å². The van der Waals surface area contributed by atoms with Gasteiger partial charge in [0.2, 0.25) is 5.01 Å². The van der Waals surface area contributed by atoms with Crippen LogP contribution in [0.1, 0.15) is 31.5 Å². The average Bonchev–Trinajstić information content (AvgIpc) is 4.15. The van der Waals surface area contributed by atoms with Gasteiger partial charge in [0.15, 0.2) is 0 Å². The zero-order valence-electron chi connectivity index (χ0n) is 33.4. The van der Waals surface area contributed by atoms with E-state index in [1.54, 1.807) is 75.1 Å². The summed E-state index contributed by atoms with van der Waals surface area (Å²) in [6.07, 6.45) is 11.0. The molecule has 15 heteroatoms. The van der Waals surface area contributed by atoms with E-state index in [2.05, 4.69) is 106 Å². The molecular formula is C49H41B2BrClMgN3OS6. The summed E-state index contributed by atoms with van der Waals surface area (Å²) in [5.41, 5.74) is 5.33. The molecule has 4 nitrogen and oxygen atoms in total. The van der Waals surface area contributed by atoms with Gasteiger partial charge in [0, 0.05) is 45.9 Å². The van der Waals surface area contributed by atoms with E-state index in [0.29, 0.717) is 0 Å². The van der Waals surface area contributed by atoms with E-state index in [9.17, 15) is 0 Å². The topological polar surface area (TPSA) is 38.9 Å². The number of hydrogen-bond acceptors (Lipinski definition) is 9. The normalized spacial score (nSPS) is 10.5. The summed E-state index contributed by atoms with van der Waals surface area (Å²) >= 11 is 13.8. The molecule has 0 fully saturated rings. The summed E-state index contributed by atoms with van der Waals surface area (Å²) in [6, 6.07) is 36.0. The van der Waals surface area contributed by atoms with Crippen molar-refractivity contribution in [1.82, 2.24) is 9.97 Å². The second-order valence-electron chi connectivity index (χ2n) is 12.8. The van der Waals surface area contributed by atoms with Gasteiger partial charge in [-0.25, -0.2) is 21.6 Å². The number of halogens is 2. The zero-order valence-corrected chi connectivity index (χ0v) is 42.1. The Bertz CT molecular complexity index is 2790. The van der Waals surface area contributed by atoms with Crippen molar-refractivity contribution in [3.05, 3.63) is 188 Å². The van der Waals surface area contributed by atoms with Crippen LogP contribution >= 0.6 is 84.0 Å². The van der Waals surface area contributed by atoms with E-state index in [1.807, 2.05) is 120 Å². The predicted molar refractivity (Wildman–Crippen MR) is 284 cm³/mol. The first-order valence-electron chi connectivity index (χ1n) is 18.5. The summed E-state index contributed by atoms with van der Waals surface area (Å²) in [5.74, 6) is 16.2. The van der Waals surface area contributed by atoms with Crippen molar-refractivity contribution in [3.63, 3.8) is 0 Å². The maximum Gasteiger partial charge on any atom is 2.00 e. The minimum Gasteiger partial charge on any atom is -1.00 e. The molecule has 64 heavy (non-hydrogen) atoms. The van der Waals surface area contributed by atoms with Crippen LogP contribution in [-0.2, 0) is 4.65 Å². The van der Waals surface area contributed by atoms with Crippen molar-refractivity contribution in [2.75, 3.05) is 7.11 Å². The minimum atomic E-state index is -1.49. The van der Waals surface area contributed by atoms with Crippen LogP contribution < -0.4 is 27.8 Å². The molecule has 0 aliphatic carbocycles.